The molecule has 0 saturated carbocycles. The molecule has 0 fully saturated rings. The van der Waals surface area contributed by atoms with Gasteiger partial charge in [0.2, 0.25) is 5.91 Å². The van der Waals surface area contributed by atoms with E-state index in [0.717, 1.165) is 5.56 Å². The van der Waals surface area contributed by atoms with E-state index in [4.69, 9.17) is 5.73 Å². The Labute approximate surface area is 120 Å². The molecule has 0 heterocycles. The number of benzene rings is 1. The van der Waals surface area contributed by atoms with Crippen LogP contribution in [0.2, 0.25) is 0 Å². The number of rotatable bonds is 7. The van der Waals surface area contributed by atoms with Gasteiger partial charge in [-0.15, -0.1) is 0 Å². The molecule has 0 aromatic heterocycles. The number of carbonyl (C=O) groups excluding carboxylic acids is 1. The zero-order chi connectivity index (χ0) is 15.2. The third kappa shape index (κ3) is 5.30. The molecule has 5 nitrogen and oxygen atoms in total. The molecule has 1 amide bonds. The molecule has 1 aromatic rings. The lowest BCUT2D eigenvalue weighted by Gasteiger charge is -2.13. The molecule has 1 aromatic carbocycles. The van der Waals surface area contributed by atoms with E-state index >= 15 is 0 Å². The summed E-state index contributed by atoms with van der Waals surface area (Å²) in [5, 5.41) is 2.68. The summed E-state index contributed by atoms with van der Waals surface area (Å²) in [6.07, 6.45) is 0.373. The Morgan fingerprint density at radius 2 is 1.95 bits per heavy atom. The lowest BCUT2D eigenvalue weighted by molar-refractivity contribution is -0.113. The van der Waals surface area contributed by atoms with Gasteiger partial charge in [-0.1, -0.05) is 32.0 Å². The molecule has 0 aliphatic heterocycles. The molecular weight excluding hydrogens is 276 g/mol. The van der Waals surface area contributed by atoms with Crippen molar-refractivity contribution in [2.24, 2.45) is 5.73 Å². The Hall–Kier alpha value is -1.40. The van der Waals surface area contributed by atoms with Crippen molar-refractivity contribution in [2.45, 2.75) is 26.2 Å². The summed E-state index contributed by atoms with van der Waals surface area (Å²) in [6, 6.07) is 7.40. The number of hydrogen-bond acceptors (Lipinski definition) is 4. The highest BCUT2D eigenvalue weighted by atomic mass is 32.2. The summed E-state index contributed by atoms with van der Waals surface area (Å²) in [5.41, 5.74) is 6.93. The predicted molar refractivity (Wildman–Crippen MR) is 81.5 cm³/mol. The molecule has 0 bridgehead atoms. The number of sulfone groups is 1. The van der Waals surface area contributed by atoms with Crippen molar-refractivity contribution in [2.75, 3.05) is 23.4 Å². The number of anilines is 1. The number of nitrogens with two attached hydrogens (primary N) is 1. The molecule has 0 radical (unpaired) electrons. The molecule has 20 heavy (non-hydrogen) atoms. The van der Waals surface area contributed by atoms with Crippen molar-refractivity contribution < 1.29 is 13.2 Å². The Balaban J connectivity index is 2.72. The number of hydrogen-bond donors (Lipinski definition) is 2. The van der Waals surface area contributed by atoms with Crippen LogP contribution < -0.4 is 11.1 Å². The average molecular weight is 298 g/mol. The van der Waals surface area contributed by atoms with Crippen molar-refractivity contribution in [3.05, 3.63) is 29.8 Å². The number of para-hydroxylation sites is 1. The van der Waals surface area contributed by atoms with Crippen LogP contribution >= 0.6 is 0 Å². The van der Waals surface area contributed by atoms with Crippen molar-refractivity contribution in [3.63, 3.8) is 0 Å². The molecule has 0 aliphatic carbocycles. The van der Waals surface area contributed by atoms with Gasteiger partial charge in [0.05, 0.1) is 5.75 Å². The molecule has 0 unspecified atom stereocenters. The maximum absolute atomic E-state index is 11.8. The standard InChI is InChI=1S/C14H22N2O3S/c1-11(2)12-6-3-4-7-13(12)16-14(17)10-20(18,19)9-5-8-15/h3-4,6-7,11H,5,8-10,15H2,1-2H3,(H,16,17). The average Bonchev–Trinajstić information content (AvgIpc) is 2.36. The maximum atomic E-state index is 11.8. The van der Waals surface area contributed by atoms with Crippen LogP contribution in [-0.2, 0) is 14.6 Å². The first-order valence-corrected chi connectivity index (χ1v) is 8.47. The number of amides is 1. The van der Waals surface area contributed by atoms with Gasteiger partial charge in [-0.05, 0) is 30.5 Å². The molecule has 112 valence electrons. The highest BCUT2D eigenvalue weighted by Crippen LogP contribution is 2.23. The van der Waals surface area contributed by atoms with Crippen molar-refractivity contribution >= 4 is 21.4 Å². The SMILES string of the molecule is CC(C)c1ccccc1NC(=O)CS(=O)(=O)CCCN. The maximum Gasteiger partial charge on any atom is 0.239 e. The first-order valence-electron chi connectivity index (χ1n) is 6.65. The second-order valence-corrected chi connectivity index (χ2v) is 7.21. The largest absolute Gasteiger partial charge is 0.330 e. The first-order chi connectivity index (χ1) is 9.35. The van der Waals surface area contributed by atoms with Gasteiger partial charge in [-0.3, -0.25) is 4.79 Å². The van der Waals surface area contributed by atoms with E-state index in [0.29, 0.717) is 18.7 Å². The number of carbonyl (C=O) groups is 1. The fourth-order valence-corrected chi connectivity index (χ4v) is 3.10. The van der Waals surface area contributed by atoms with Crippen LogP contribution in [0.1, 0.15) is 31.7 Å². The molecule has 0 aliphatic rings. The minimum atomic E-state index is -3.39. The highest BCUT2D eigenvalue weighted by molar-refractivity contribution is 7.92. The van der Waals surface area contributed by atoms with E-state index in [1.807, 2.05) is 32.0 Å². The topological polar surface area (TPSA) is 89.3 Å². The summed E-state index contributed by atoms with van der Waals surface area (Å²) in [7, 11) is -3.39. The van der Waals surface area contributed by atoms with Crippen LogP contribution in [0.4, 0.5) is 5.69 Å². The predicted octanol–water partition coefficient (Wildman–Crippen LogP) is 1.51. The van der Waals surface area contributed by atoms with Crippen LogP contribution in [0.25, 0.3) is 0 Å². The van der Waals surface area contributed by atoms with Gasteiger partial charge in [-0.25, -0.2) is 8.42 Å². The summed E-state index contributed by atoms with van der Waals surface area (Å²) >= 11 is 0. The van der Waals surface area contributed by atoms with E-state index in [9.17, 15) is 13.2 Å². The lowest BCUT2D eigenvalue weighted by Crippen LogP contribution is -2.26. The molecule has 1 rings (SSSR count). The minimum absolute atomic E-state index is 0.0528. The molecular formula is C14H22N2O3S. The van der Waals surface area contributed by atoms with Gasteiger partial charge >= 0.3 is 0 Å². The molecule has 0 saturated heterocycles. The summed E-state index contributed by atoms with van der Waals surface area (Å²) in [6.45, 7) is 4.34. The second-order valence-electron chi connectivity index (χ2n) is 5.02. The van der Waals surface area contributed by atoms with Crippen molar-refractivity contribution in [1.29, 1.82) is 0 Å². The molecule has 0 atom stereocenters. The summed E-state index contributed by atoms with van der Waals surface area (Å²) < 4.78 is 23.4. The van der Waals surface area contributed by atoms with Gasteiger partial charge in [0.15, 0.2) is 9.84 Å². The Morgan fingerprint density at radius 1 is 1.30 bits per heavy atom. The van der Waals surface area contributed by atoms with Crippen molar-refractivity contribution in [1.82, 2.24) is 0 Å². The molecule has 6 heteroatoms. The zero-order valence-corrected chi connectivity index (χ0v) is 12.7. The van der Waals surface area contributed by atoms with Gasteiger partial charge in [0, 0.05) is 5.69 Å². The van der Waals surface area contributed by atoms with E-state index < -0.39 is 21.5 Å². The van der Waals surface area contributed by atoms with E-state index in [2.05, 4.69) is 5.32 Å². The van der Waals surface area contributed by atoms with Gasteiger partial charge in [0.25, 0.3) is 0 Å². The number of nitrogens with one attached hydrogen (secondary N) is 1. The zero-order valence-electron chi connectivity index (χ0n) is 11.9. The second kappa shape index (κ2) is 7.40. The van der Waals surface area contributed by atoms with Crippen LogP contribution in [0.5, 0.6) is 0 Å². The van der Waals surface area contributed by atoms with Crippen LogP contribution in [0.15, 0.2) is 24.3 Å². The fraction of sp³-hybridized carbons (Fsp3) is 0.500. The normalized spacial score (nSPS) is 11.6. The van der Waals surface area contributed by atoms with Crippen LogP contribution in [0, 0.1) is 0 Å². The summed E-state index contributed by atoms with van der Waals surface area (Å²) in [5.74, 6) is -0.808. The van der Waals surface area contributed by atoms with E-state index in [1.165, 1.54) is 0 Å². The van der Waals surface area contributed by atoms with Crippen LogP contribution in [-0.4, -0.2) is 32.4 Å². The fourth-order valence-electron chi connectivity index (χ4n) is 1.88. The monoisotopic (exact) mass is 298 g/mol. The van der Waals surface area contributed by atoms with E-state index in [1.54, 1.807) is 6.07 Å². The van der Waals surface area contributed by atoms with Gasteiger partial charge in [-0.2, -0.15) is 0 Å². The minimum Gasteiger partial charge on any atom is -0.330 e. The third-order valence-corrected chi connectivity index (χ3v) is 4.48. The Bertz CT molecular complexity index is 553. The van der Waals surface area contributed by atoms with Gasteiger partial charge in [0.1, 0.15) is 5.75 Å². The smallest absolute Gasteiger partial charge is 0.239 e. The third-order valence-electron chi connectivity index (χ3n) is 2.87. The van der Waals surface area contributed by atoms with E-state index in [-0.39, 0.29) is 11.7 Å². The first kappa shape index (κ1) is 16.7. The molecule has 3 N–H and O–H groups in total. The Kier molecular flexibility index (Phi) is 6.16. The lowest BCUT2D eigenvalue weighted by atomic mass is 10.0. The summed E-state index contributed by atoms with van der Waals surface area (Å²) in [4.78, 5) is 11.8. The Morgan fingerprint density at radius 3 is 2.55 bits per heavy atom. The van der Waals surface area contributed by atoms with Crippen molar-refractivity contribution in [3.8, 4) is 0 Å². The quantitative estimate of drug-likeness (QED) is 0.798. The molecule has 0 spiro atoms. The van der Waals surface area contributed by atoms with Crippen LogP contribution in [0.3, 0.4) is 0 Å². The highest BCUT2D eigenvalue weighted by Gasteiger charge is 2.17. The van der Waals surface area contributed by atoms with Gasteiger partial charge < -0.3 is 11.1 Å².